The number of nitrogens with zero attached hydrogens (tertiary/aromatic N) is 2. The summed E-state index contributed by atoms with van der Waals surface area (Å²) in [7, 11) is 0. The first-order valence-electron chi connectivity index (χ1n) is 12.4. The van der Waals surface area contributed by atoms with Crippen LogP contribution in [-0.4, -0.2) is 29.6 Å². The molecule has 0 saturated carbocycles. The maximum absolute atomic E-state index is 6.25. The van der Waals surface area contributed by atoms with Gasteiger partial charge in [-0.25, -0.2) is 0 Å². The zero-order valence-electron chi connectivity index (χ0n) is 20.6. The molecule has 1 aromatic heterocycles. The molecule has 2 aromatic rings. The van der Waals surface area contributed by atoms with Gasteiger partial charge in [-0.05, 0) is 62.1 Å². The fourth-order valence-corrected chi connectivity index (χ4v) is 5.23. The minimum atomic E-state index is 0.374. The number of ether oxygens (including phenoxy) is 1. The second-order valence-electron chi connectivity index (χ2n) is 9.74. The molecule has 0 spiro atoms. The minimum absolute atomic E-state index is 0.374. The van der Waals surface area contributed by atoms with Crippen LogP contribution in [0, 0.1) is 5.41 Å². The number of aryl methyl sites for hydroxylation is 2. The summed E-state index contributed by atoms with van der Waals surface area (Å²) in [6, 6.07) is 9.23. The normalized spacial score (nSPS) is 17.5. The first-order valence-corrected chi connectivity index (χ1v) is 12.4. The average molecular weight is 423 g/mol. The van der Waals surface area contributed by atoms with E-state index in [0.717, 1.165) is 43.7 Å². The van der Waals surface area contributed by atoms with Crippen molar-refractivity contribution in [3.05, 3.63) is 47.2 Å². The Morgan fingerprint density at radius 1 is 1.10 bits per heavy atom. The number of likely N-dealkylation sites (tertiary alicyclic amines) is 1. The van der Waals surface area contributed by atoms with E-state index in [1.807, 2.05) is 0 Å². The van der Waals surface area contributed by atoms with Gasteiger partial charge in [0.15, 0.2) is 0 Å². The molecule has 1 unspecified atom stereocenters. The van der Waals surface area contributed by atoms with Gasteiger partial charge in [-0.1, -0.05) is 59.2 Å². The van der Waals surface area contributed by atoms with Crippen molar-refractivity contribution in [2.24, 2.45) is 5.41 Å². The van der Waals surface area contributed by atoms with Crippen LogP contribution < -0.4 is 4.74 Å². The Balaban J connectivity index is 2.06. The largest absolute Gasteiger partial charge is 0.493 e. The second kappa shape index (κ2) is 10.6. The number of pyridine rings is 1. The van der Waals surface area contributed by atoms with E-state index in [2.05, 4.69) is 76.9 Å². The van der Waals surface area contributed by atoms with Crippen LogP contribution in [0.15, 0.2) is 30.5 Å². The van der Waals surface area contributed by atoms with Crippen molar-refractivity contribution in [3.63, 3.8) is 0 Å². The molecule has 1 aromatic carbocycles. The molecule has 0 aliphatic carbocycles. The average Bonchev–Trinajstić information content (AvgIpc) is 2.76. The smallest absolute Gasteiger partial charge is 0.127 e. The van der Waals surface area contributed by atoms with Gasteiger partial charge in [0.1, 0.15) is 5.75 Å². The van der Waals surface area contributed by atoms with Gasteiger partial charge in [-0.3, -0.25) is 9.88 Å². The van der Waals surface area contributed by atoms with Crippen LogP contribution in [0.25, 0.3) is 11.3 Å². The summed E-state index contributed by atoms with van der Waals surface area (Å²) in [4.78, 5) is 7.72. The van der Waals surface area contributed by atoms with Gasteiger partial charge in [0, 0.05) is 36.0 Å². The summed E-state index contributed by atoms with van der Waals surface area (Å²) in [5.41, 5.74) is 6.72. The highest BCUT2D eigenvalue weighted by Gasteiger charge is 2.32. The van der Waals surface area contributed by atoms with Crippen molar-refractivity contribution >= 4 is 0 Å². The minimum Gasteiger partial charge on any atom is -0.493 e. The first kappa shape index (κ1) is 23.8. The van der Waals surface area contributed by atoms with Crippen molar-refractivity contribution in [1.82, 2.24) is 9.88 Å². The standard InChI is InChI=1S/C28H42N2O/c1-7-13-25(30-17-12-16-28(5,6)20-30)23-19-29-24(18-26(23)31-10-4)27-21(8-2)14-11-15-22(27)9-3/h11,14-15,18-19,25H,7-10,12-13,16-17,20H2,1-6H3. The predicted octanol–water partition coefficient (Wildman–Crippen LogP) is 7.24. The number of aromatic nitrogens is 1. The number of hydrogen-bond donors (Lipinski definition) is 0. The maximum atomic E-state index is 6.25. The molecule has 2 heterocycles. The van der Waals surface area contributed by atoms with Crippen LogP contribution >= 0.6 is 0 Å². The predicted molar refractivity (Wildman–Crippen MR) is 132 cm³/mol. The molecular weight excluding hydrogens is 380 g/mol. The highest BCUT2D eigenvalue weighted by atomic mass is 16.5. The molecule has 3 heteroatoms. The number of rotatable bonds is 9. The van der Waals surface area contributed by atoms with Crippen LogP contribution in [0.4, 0.5) is 0 Å². The number of benzene rings is 1. The lowest BCUT2D eigenvalue weighted by atomic mass is 9.82. The fourth-order valence-electron chi connectivity index (χ4n) is 5.23. The summed E-state index contributed by atoms with van der Waals surface area (Å²) in [6.07, 6.45) is 9.03. The summed E-state index contributed by atoms with van der Waals surface area (Å²) >= 11 is 0. The molecule has 1 fully saturated rings. The third-order valence-electron chi connectivity index (χ3n) is 6.74. The van der Waals surface area contributed by atoms with E-state index in [4.69, 9.17) is 9.72 Å². The second-order valence-corrected chi connectivity index (χ2v) is 9.74. The summed E-state index contributed by atoms with van der Waals surface area (Å²) in [5, 5.41) is 0. The van der Waals surface area contributed by atoms with E-state index in [1.54, 1.807) is 0 Å². The molecule has 1 atom stereocenters. The van der Waals surface area contributed by atoms with Crippen molar-refractivity contribution in [1.29, 1.82) is 0 Å². The summed E-state index contributed by atoms with van der Waals surface area (Å²) < 4.78 is 6.25. The molecule has 1 saturated heterocycles. The van der Waals surface area contributed by atoms with E-state index < -0.39 is 0 Å². The number of hydrogen-bond acceptors (Lipinski definition) is 3. The van der Waals surface area contributed by atoms with E-state index >= 15 is 0 Å². The highest BCUT2D eigenvalue weighted by molar-refractivity contribution is 5.69. The Morgan fingerprint density at radius 3 is 2.39 bits per heavy atom. The van der Waals surface area contributed by atoms with Crippen molar-refractivity contribution in [2.75, 3.05) is 19.7 Å². The van der Waals surface area contributed by atoms with Crippen LogP contribution in [0.1, 0.15) is 90.0 Å². The van der Waals surface area contributed by atoms with Gasteiger partial charge in [-0.15, -0.1) is 0 Å². The summed E-state index contributed by atoms with van der Waals surface area (Å²) in [5.74, 6) is 1.02. The zero-order valence-corrected chi connectivity index (χ0v) is 20.6. The SMILES string of the molecule is CCCC(c1cnc(-c2c(CC)cccc2CC)cc1OCC)N1CCCC(C)(C)C1. The Morgan fingerprint density at radius 2 is 1.81 bits per heavy atom. The number of piperidine rings is 1. The molecule has 0 amide bonds. The van der Waals surface area contributed by atoms with Gasteiger partial charge in [0.25, 0.3) is 0 Å². The third kappa shape index (κ3) is 5.49. The van der Waals surface area contributed by atoms with Gasteiger partial charge in [0.05, 0.1) is 12.3 Å². The maximum Gasteiger partial charge on any atom is 0.127 e. The molecule has 0 N–H and O–H groups in total. The van der Waals surface area contributed by atoms with Crippen LogP contribution in [-0.2, 0) is 12.8 Å². The van der Waals surface area contributed by atoms with Crippen LogP contribution in [0.5, 0.6) is 5.75 Å². The van der Waals surface area contributed by atoms with Gasteiger partial charge in [-0.2, -0.15) is 0 Å². The van der Waals surface area contributed by atoms with Gasteiger partial charge >= 0.3 is 0 Å². The van der Waals surface area contributed by atoms with E-state index in [1.165, 1.54) is 41.6 Å². The lowest BCUT2D eigenvalue weighted by molar-refractivity contribution is 0.0719. The molecule has 0 bridgehead atoms. The summed E-state index contributed by atoms with van der Waals surface area (Å²) in [6.45, 7) is 16.6. The molecule has 3 nitrogen and oxygen atoms in total. The van der Waals surface area contributed by atoms with Crippen LogP contribution in [0.2, 0.25) is 0 Å². The van der Waals surface area contributed by atoms with E-state index in [-0.39, 0.29) is 0 Å². The van der Waals surface area contributed by atoms with Crippen molar-refractivity contribution < 1.29 is 4.74 Å². The Kier molecular flexibility index (Phi) is 8.16. The van der Waals surface area contributed by atoms with E-state index in [9.17, 15) is 0 Å². The molecule has 0 radical (unpaired) electrons. The van der Waals surface area contributed by atoms with Crippen molar-refractivity contribution in [3.8, 4) is 17.0 Å². The fraction of sp³-hybridized carbons (Fsp3) is 0.607. The topological polar surface area (TPSA) is 25.4 Å². The zero-order chi connectivity index (χ0) is 22.4. The quantitative estimate of drug-likeness (QED) is 0.426. The molecular formula is C28H42N2O. The Hall–Kier alpha value is -1.87. The Bertz CT molecular complexity index is 836. The molecule has 3 rings (SSSR count). The molecule has 1 aliphatic heterocycles. The highest BCUT2D eigenvalue weighted by Crippen LogP contribution is 2.40. The van der Waals surface area contributed by atoms with Gasteiger partial charge < -0.3 is 4.74 Å². The molecule has 170 valence electrons. The molecule has 31 heavy (non-hydrogen) atoms. The third-order valence-corrected chi connectivity index (χ3v) is 6.74. The lowest BCUT2D eigenvalue weighted by Gasteiger charge is -2.42. The monoisotopic (exact) mass is 422 g/mol. The van der Waals surface area contributed by atoms with Crippen LogP contribution in [0.3, 0.4) is 0 Å². The van der Waals surface area contributed by atoms with Crippen molar-refractivity contribution in [2.45, 2.75) is 86.1 Å². The van der Waals surface area contributed by atoms with Gasteiger partial charge in [0.2, 0.25) is 0 Å². The molecule has 1 aliphatic rings. The Labute approximate surface area is 190 Å². The lowest BCUT2D eigenvalue weighted by Crippen LogP contribution is -2.42. The first-order chi connectivity index (χ1) is 14.9. The van der Waals surface area contributed by atoms with E-state index in [0.29, 0.717) is 18.1 Å².